The number of rotatable bonds is 2. The molecule has 6 rings (SSSR count). The Morgan fingerprint density at radius 2 is 1.31 bits per heavy atom. The van der Waals surface area contributed by atoms with Gasteiger partial charge in [-0.05, 0) is 41.3 Å². The molecular weight excluding hydrogens is 395 g/mol. The molecule has 5 aromatic carbocycles. The Bertz CT molecular complexity index is 1640. The fraction of sp³-hybridized carbons (Fsp3) is 0. The number of nitrogens with zero attached hydrogens (tertiary/aromatic N) is 2. The first-order valence-corrected chi connectivity index (χ1v) is 10.5. The van der Waals surface area contributed by atoms with E-state index in [0.29, 0.717) is 11.1 Å². The van der Waals surface area contributed by atoms with Crippen LogP contribution in [0.5, 0.6) is 0 Å². The highest BCUT2D eigenvalue weighted by Crippen LogP contribution is 2.39. The molecule has 1 heterocycles. The quantitative estimate of drug-likeness (QED) is 0.288. The van der Waals surface area contributed by atoms with Crippen LogP contribution in [0.3, 0.4) is 0 Å². The molecule has 0 aliphatic heterocycles. The maximum Gasteiger partial charge on any atom is 0.132 e. The molecule has 0 saturated heterocycles. The Kier molecular flexibility index (Phi) is 4.06. The average Bonchev–Trinajstić information content (AvgIpc) is 3.18. The van der Waals surface area contributed by atoms with E-state index < -0.39 is 5.82 Å². The van der Waals surface area contributed by atoms with E-state index in [0.717, 1.165) is 33.1 Å². The Morgan fingerprint density at radius 3 is 1.97 bits per heavy atom. The molecule has 1 aromatic heterocycles. The summed E-state index contributed by atoms with van der Waals surface area (Å²) >= 11 is 0. The van der Waals surface area contributed by atoms with Gasteiger partial charge >= 0.3 is 0 Å². The Labute approximate surface area is 184 Å². The van der Waals surface area contributed by atoms with Crippen molar-refractivity contribution < 1.29 is 4.39 Å². The van der Waals surface area contributed by atoms with Crippen molar-refractivity contribution in [3.63, 3.8) is 0 Å². The number of aromatic nitrogens is 1. The molecule has 0 saturated carbocycles. The van der Waals surface area contributed by atoms with Crippen LogP contribution in [0.2, 0.25) is 0 Å². The monoisotopic (exact) mass is 412 g/mol. The minimum Gasteiger partial charge on any atom is -0.309 e. The Morgan fingerprint density at radius 1 is 0.656 bits per heavy atom. The lowest BCUT2D eigenvalue weighted by Gasteiger charge is -2.15. The summed E-state index contributed by atoms with van der Waals surface area (Å²) in [6.45, 7) is 0. The largest absolute Gasteiger partial charge is 0.309 e. The first-order chi connectivity index (χ1) is 15.8. The molecule has 0 spiro atoms. The number of benzene rings is 5. The minimum absolute atomic E-state index is 0.314. The topological polar surface area (TPSA) is 28.7 Å². The van der Waals surface area contributed by atoms with Gasteiger partial charge in [-0.15, -0.1) is 0 Å². The van der Waals surface area contributed by atoms with Gasteiger partial charge in [0.1, 0.15) is 5.82 Å². The SMILES string of the molecule is N#Cc1ccc(-c2cccc3cccc(-n4c5ccccc5c5ccccc54)c23)c(F)c1. The van der Waals surface area contributed by atoms with Crippen molar-refractivity contribution in [2.45, 2.75) is 0 Å². The van der Waals surface area contributed by atoms with E-state index in [4.69, 9.17) is 5.26 Å². The van der Waals surface area contributed by atoms with Crippen molar-refractivity contribution in [2.24, 2.45) is 0 Å². The maximum absolute atomic E-state index is 15.1. The first-order valence-electron chi connectivity index (χ1n) is 10.5. The molecule has 2 nitrogen and oxygen atoms in total. The van der Waals surface area contributed by atoms with E-state index in [1.807, 2.05) is 36.4 Å². The van der Waals surface area contributed by atoms with Crippen molar-refractivity contribution in [3.05, 3.63) is 115 Å². The van der Waals surface area contributed by atoms with Gasteiger partial charge in [0, 0.05) is 21.7 Å². The molecular formula is C29H17FN2. The van der Waals surface area contributed by atoms with Gasteiger partial charge in [-0.3, -0.25) is 0 Å². The highest BCUT2D eigenvalue weighted by Gasteiger charge is 2.17. The second-order valence-electron chi connectivity index (χ2n) is 7.86. The summed E-state index contributed by atoms with van der Waals surface area (Å²) in [7, 11) is 0. The van der Waals surface area contributed by atoms with E-state index >= 15 is 4.39 Å². The summed E-state index contributed by atoms with van der Waals surface area (Å²) in [4.78, 5) is 0. The van der Waals surface area contributed by atoms with Gasteiger partial charge in [-0.25, -0.2) is 4.39 Å². The molecule has 6 aromatic rings. The van der Waals surface area contributed by atoms with Gasteiger partial charge in [0.15, 0.2) is 0 Å². The highest BCUT2D eigenvalue weighted by molar-refractivity contribution is 6.12. The van der Waals surface area contributed by atoms with Crippen LogP contribution in [0.15, 0.2) is 103 Å². The van der Waals surface area contributed by atoms with E-state index in [2.05, 4.69) is 59.2 Å². The zero-order chi connectivity index (χ0) is 21.7. The van der Waals surface area contributed by atoms with Crippen LogP contribution in [0.25, 0.3) is 49.4 Å². The molecule has 0 aliphatic rings. The lowest BCUT2D eigenvalue weighted by Crippen LogP contribution is -1.97. The van der Waals surface area contributed by atoms with Gasteiger partial charge in [0.25, 0.3) is 0 Å². The van der Waals surface area contributed by atoms with E-state index in [1.165, 1.54) is 16.8 Å². The van der Waals surface area contributed by atoms with Crippen molar-refractivity contribution >= 4 is 32.6 Å². The van der Waals surface area contributed by atoms with Gasteiger partial charge in [-0.1, -0.05) is 72.8 Å². The summed E-state index contributed by atoms with van der Waals surface area (Å²) in [5, 5.41) is 13.5. The molecule has 0 atom stereocenters. The molecule has 32 heavy (non-hydrogen) atoms. The van der Waals surface area contributed by atoms with Crippen LogP contribution < -0.4 is 0 Å². The second-order valence-corrected chi connectivity index (χ2v) is 7.86. The predicted octanol–water partition coefficient (Wildman–Crippen LogP) is 7.61. The van der Waals surface area contributed by atoms with Crippen molar-refractivity contribution in [1.82, 2.24) is 4.57 Å². The molecule has 0 bridgehead atoms. The van der Waals surface area contributed by atoms with Crippen LogP contribution in [0.1, 0.15) is 5.56 Å². The number of hydrogen-bond donors (Lipinski definition) is 0. The van der Waals surface area contributed by atoms with E-state index in [-0.39, 0.29) is 0 Å². The van der Waals surface area contributed by atoms with Crippen LogP contribution in [-0.4, -0.2) is 4.57 Å². The molecule has 0 amide bonds. The summed E-state index contributed by atoms with van der Waals surface area (Å²) in [6.07, 6.45) is 0. The van der Waals surface area contributed by atoms with Crippen molar-refractivity contribution in [3.8, 4) is 22.9 Å². The first kappa shape index (κ1) is 18.4. The molecule has 150 valence electrons. The van der Waals surface area contributed by atoms with Crippen LogP contribution in [-0.2, 0) is 0 Å². The third kappa shape index (κ3) is 2.64. The van der Waals surface area contributed by atoms with Gasteiger partial charge in [0.2, 0.25) is 0 Å². The number of halogens is 1. The molecule has 0 radical (unpaired) electrons. The van der Waals surface area contributed by atoms with Gasteiger partial charge in [0.05, 0.1) is 28.4 Å². The third-order valence-electron chi connectivity index (χ3n) is 6.09. The highest BCUT2D eigenvalue weighted by atomic mass is 19.1. The number of hydrogen-bond acceptors (Lipinski definition) is 1. The summed E-state index contributed by atoms with van der Waals surface area (Å²) < 4.78 is 17.3. The van der Waals surface area contributed by atoms with Crippen LogP contribution in [0.4, 0.5) is 4.39 Å². The average molecular weight is 412 g/mol. The smallest absolute Gasteiger partial charge is 0.132 e. The molecule has 0 unspecified atom stereocenters. The van der Waals surface area contributed by atoms with E-state index in [9.17, 15) is 0 Å². The maximum atomic E-state index is 15.1. The van der Waals surface area contributed by atoms with Crippen LogP contribution in [0, 0.1) is 17.1 Å². The summed E-state index contributed by atoms with van der Waals surface area (Å²) in [5.41, 5.74) is 4.82. The zero-order valence-corrected chi connectivity index (χ0v) is 17.1. The number of para-hydroxylation sites is 2. The standard InChI is InChI=1S/C29H17FN2/c30-25-17-19(18-31)15-16-21(25)24-11-5-7-20-8-6-14-28(29(20)24)32-26-12-3-1-9-22(26)23-10-2-4-13-27(23)32/h1-17H. The third-order valence-corrected chi connectivity index (χ3v) is 6.09. The Balaban J connectivity index is 1.76. The number of fused-ring (bicyclic) bond motifs is 4. The predicted molar refractivity (Wildman–Crippen MR) is 128 cm³/mol. The molecule has 0 N–H and O–H groups in total. The Hall–Kier alpha value is -4.42. The fourth-order valence-electron chi connectivity index (χ4n) is 4.72. The zero-order valence-electron chi connectivity index (χ0n) is 17.1. The van der Waals surface area contributed by atoms with Crippen LogP contribution >= 0.6 is 0 Å². The van der Waals surface area contributed by atoms with Gasteiger partial charge in [-0.2, -0.15) is 5.26 Å². The van der Waals surface area contributed by atoms with Crippen molar-refractivity contribution in [1.29, 1.82) is 5.26 Å². The van der Waals surface area contributed by atoms with Crippen molar-refractivity contribution in [2.75, 3.05) is 0 Å². The summed E-state index contributed by atoms with van der Waals surface area (Å²) in [5.74, 6) is -0.395. The molecule has 0 fully saturated rings. The molecule has 0 aliphatic carbocycles. The lowest BCUT2D eigenvalue weighted by atomic mass is 9.95. The number of nitriles is 1. The fourth-order valence-corrected chi connectivity index (χ4v) is 4.72. The molecule has 3 heteroatoms. The van der Waals surface area contributed by atoms with E-state index in [1.54, 1.807) is 12.1 Å². The second kappa shape index (κ2) is 7.08. The lowest BCUT2D eigenvalue weighted by molar-refractivity contribution is 0.631. The minimum atomic E-state index is -0.395. The van der Waals surface area contributed by atoms with Gasteiger partial charge < -0.3 is 4.57 Å². The summed E-state index contributed by atoms with van der Waals surface area (Å²) in [6, 6.07) is 35.5. The normalized spacial score (nSPS) is 11.2.